The molecule has 0 fully saturated rings. The minimum absolute atomic E-state index is 0.0987. The van der Waals surface area contributed by atoms with E-state index in [9.17, 15) is 4.79 Å². The molecule has 0 atom stereocenters. The molecule has 0 saturated heterocycles. The summed E-state index contributed by atoms with van der Waals surface area (Å²) in [5.41, 5.74) is 3.96. The van der Waals surface area contributed by atoms with Crippen molar-refractivity contribution in [3.05, 3.63) is 29.8 Å². The van der Waals surface area contributed by atoms with Crippen LogP contribution in [0.4, 0.5) is 0 Å². The minimum atomic E-state index is -0.294. The Labute approximate surface area is 132 Å². The fourth-order valence-corrected chi connectivity index (χ4v) is 1.83. The van der Waals surface area contributed by atoms with E-state index in [0.29, 0.717) is 11.3 Å². The van der Waals surface area contributed by atoms with Crippen molar-refractivity contribution in [1.29, 1.82) is 5.26 Å². The first kappa shape index (κ1) is 17.7. The quantitative estimate of drug-likeness (QED) is 0.431. The van der Waals surface area contributed by atoms with Gasteiger partial charge in [0.25, 0.3) is 5.91 Å². The molecule has 0 heterocycles. The Morgan fingerprint density at radius 3 is 2.64 bits per heavy atom. The molecule has 0 aliphatic carbocycles. The zero-order valence-corrected chi connectivity index (χ0v) is 13.3. The number of carbonyl (C=O) groups excluding carboxylic acids is 1. The van der Waals surface area contributed by atoms with E-state index in [1.165, 1.54) is 19.3 Å². The molecule has 1 aromatic carbocycles. The summed E-state index contributed by atoms with van der Waals surface area (Å²) in [5.74, 6) is 0.256. The maximum absolute atomic E-state index is 11.6. The lowest BCUT2D eigenvalue weighted by atomic mass is 10.1. The van der Waals surface area contributed by atoms with Gasteiger partial charge in [0.15, 0.2) is 6.61 Å². The monoisotopic (exact) mass is 301 g/mol. The predicted octanol–water partition coefficient (Wildman–Crippen LogP) is 3.40. The molecule has 5 nitrogen and oxygen atoms in total. The normalized spacial score (nSPS) is 10.9. The van der Waals surface area contributed by atoms with Gasteiger partial charge >= 0.3 is 0 Å². The summed E-state index contributed by atoms with van der Waals surface area (Å²) in [4.78, 5) is 11.6. The van der Waals surface area contributed by atoms with E-state index < -0.39 is 0 Å². The lowest BCUT2D eigenvalue weighted by molar-refractivity contribution is -0.123. The van der Waals surface area contributed by atoms with Crippen molar-refractivity contribution in [3.63, 3.8) is 0 Å². The molecule has 1 N–H and O–H groups in total. The van der Waals surface area contributed by atoms with Gasteiger partial charge in [-0.1, -0.05) is 26.2 Å². The number of nitrogens with zero attached hydrogens (tertiary/aromatic N) is 2. The first-order chi connectivity index (χ1) is 10.7. The van der Waals surface area contributed by atoms with Gasteiger partial charge in [-0.25, -0.2) is 5.43 Å². The van der Waals surface area contributed by atoms with Crippen molar-refractivity contribution in [2.45, 2.75) is 46.0 Å². The molecule has 22 heavy (non-hydrogen) atoms. The van der Waals surface area contributed by atoms with E-state index in [-0.39, 0.29) is 12.5 Å². The van der Waals surface area contributed by atoms with E-state index in [1.807, 2.05) is 13.0 Å². The van der Waals surface area contributed by atoms with Crippen molar-refractivity contribution in [2.75, 3.05) is 6.61 Å². The van der Waals surface area contributed by atoms with Crippen LogP contribution in [0.2, 0.25) is 0 Å². The summed E-state index contributed by atoms with van der Waals surface area (Å²) < 4.78 is 5.32. The van der Waals surface area contributed by atoms with Crippen molar-refractivity contribution >= 4 is 11.6 Å². The number of ether oxygens (including phenoxy) is 1. The number of hydrogen-bond acceptors (Lipinski definition) is 4. The Bertz CT molecular complexity index is 530. The van der Waals surface area contributed by atoms with E-state index in [1.54, 1.807) is 24.3 Å². The average molecular weight is 301 g/mol. The van der Waals surface area contributed by atoms with Crippen LogP contribution >= 0.6 is 0 Å². The van der Waals surface area contributed by atoms with Crippen LogP contribution in [0.25, 0.3) is 0 Å². The second kappa shape index (κ2) is 10.4. The molecule has 0 aromatic heterocycles. The lowest BCUT2D eigenvalue weighted by Crippen LogP contribution is -2.25. The molecule has 0 saturated carbocycles. The van der Waals surface area contributed by atoms with E-state index in [2.05, 4.69) is 17.5 Å². The third-order valence-electron chi connectivity index (χ3n) is 3.12. The molecule has 0 aliphatic rings. The number of carbonyl (C=O) groups is 1. The summed E-state index contributed by atoms with van der Waals surface area (Å²) in [6, 6.07) is 8.63. The number of unbranched alkanes of at least 4 members (excludes halogenated alkanes) is 3. The summed E-state index contributed by atoms with van der Waals surface area (Å²) in [7, 11) is 0. The van der Waals surface area contributed by atoms with Crippen LogP contribution in [0.1, 0.15) is 51.5 Å². The molecular weight excluding hydrogens is 278 g/mol. The smallest absolute Gasteiger partial charge is 0.277 e. The van der Waals surface area contributed by atoms with Gasteiger partial charge in [0.1, 0.15) is 5.75 Å². The van der Waals surface area contributed by atoms with E-state index in [4.69, 9.17) is 10.00 Å². The largest absolute Gasteiger partial charge is 0.484 e. The van der Waals surface area contributed by atoms with Crippen LogP contribution in [0.3, 0.4) is 0 Å². The summed E-state index contributed by atoms with van der Waals surface area (Å²) in [6.45, 7) is 3.99. The molecule has 1 amide bonds. The lowest BCUT2D eigenvalue weighted by Gasteiger charge is -2.05. The molecule has 5 heteroatoms. The Morgan fingerprint density at radius 2 is 2.00 bits per heavy atom. The molecule has 1 rings (SSSR count). The second-order valence-electron chi connectivity index (χ2n) is 5.12. The zero-order valence-electron chi connectivity index (χ0n) is 13.3. The van der Waals surface area contributed by atoms with Gasteiger partial charge in [-0.2, -0.15) is 10.4 Å². The van der Waals surface area contributed by atoms with Crippen LogP contribution in [-0.4, -0.2) is 18.2 Å². The van der Waals surface area contributed by atoms with Crippen LogP contribution in [0, 0.1) is 11.3 Å². The first-order valence-electron chi connectivity index (χ1n) is 7.60. The van der Waals surface area contributed by atoms with Crippen LogP contribution in [0.15, 0.2) is 29.4 Å². The fraction of sp³-hybridized carbons (Fsp3) is 0.471. The Hall–Kier alpha value is -2.35. The molecule has 118 valence electrons. The van der Waals surface area contributed by atoms with Crippen LogP contribution < -0.4 is 10.2 Å². The highest BCUT2D eigenvalue weighted by molar-refractivity contribution is 5.84. The van der Waals surface area contributed by atoms with Gasteiger partial charge in [0, 0.05) is 5.71 Å². The molecular formula is C17H23N3O2. The van der Waals surface area contributed by atoms with Gasteiger partial charge in [0.05, 0.1) is 11.6 Å². The molecule has 0 aliphatic heterocycles. The van der Waals surface area contributed by atoms with Crippen LogP contribution in [-0.2, 0) is 4.79 Å². The van der Waals surface area contributed by atoms with Gasteiger partial charge in [-0.3, -0.25) is 4.79 Å². The average Bonchev–Trinajstić information content (AvgIpc) is 2.55. The highest BCUT2D eigenvalue weighted by atomic mass is 16.5. The maximum atomic E-state index is 11.6. The van der Waals surface area contributed by atoms with Gasteiger partial charge in [-0.05, 0) is 44.0 Å². The van der Waals surface area contributed by atoms with E-state index in [0.717, 1.165) is 18.6 Å². The minimum Gasteiger partial charge on any atom is -0.484 e. The van der Waals surface area contributed by atoms with Crippen molar-refractivity contribution in [2.24, 2.45) is 5.10 Å². The third kappa shape index (κ3) is 7.44. The zero-order chi connectivity index (χ0) is 16.2. The molecule has 0 radical (unpaired) electrons. The van der Waals surface area contributed by atoms with Crippen molar-refractivity contribution < 1.29 is 9.53 Å². The highest BCUT2D eigenvalue weighted by Gasteiger charge is 2.02. The van der Waals surface area contributed by atoms with Crippen LogP contribution in [0.5, 0.6) is 5.75 Å². The SMILES string of the molecule is CCCCCC/C(C)=N/NC(=O)COc1ccc(C#N)cc1. The third-order valence-corrected chi connectivity index (χ3v) is 3.12. The molecule has 0 bridgehead atoms. The molecule has 1 aromatic rings. The number of hydrazone groups is 1. The number of amides is 1. The van der Waals surface area contributed by atoms with Crippen molar-refractivity contribution in [3.8, 4) is 11.8 Å². The number of nitriles is 1. The summed E-state index contributed by atoms with van der Waals surface area (Å²) >= 11 is 0. The fourth-order valence-electron chi connectivity index (χ4n) is 1.83. The topological polar surface area (TPSA) is 74.5 Å². The standard InChI is InChI=1S/C17H23N3O2/c1-3-4-5-6-7-14(2)19-20-17(21)13-22-16-10-8-15(12-18)9-11-16/h8-11H,3-7,13H2,1-2H3,(H,20,21)/b19-14+. The van der Waals surface area contributed by atoms with Crippen molar-refractivity contribution in [1.82, 2.24) is 5.43 Å². The summed E-state index contributed by atoms with van der Waals surface area (Å²) in [6.07, 6.45) is 5.63. The molecule has 0 spiro atoms. The van der Waals surface area contributed by atoms with Gasteiger partial charge in [0.2, 0.25) is 0 Å². The Morgan fingerprint density at radius 1 is 1.27 bits per heavy atom. The number of nitrogens with one attached hydrogen (secondary N) is 1. The first-order valence-corrected chi connectivity index (χ1v) is 7.60. The molecule has 0 unspecified atom stereocenters. The Kier molecular flexibility index (Phi) is 8.36. The maximum Gasteiger partial charge on any atom is 0.277 e. The Balaban J connectivity index is 2.26. The van der Waals surface area contributed by atoms with Gasteiger partial charge in [-0.15, -0.1) is 0 Å². The van der Waals surface area contributed by atoms with Gasteiger partial charge < -0.3 is 4.74 Å². The summed E-state index contributed by atoms with van der Waals surface area (Å²) in [5, 5.41) is 12.7. The van der Waals surface area contributed by atoms with E-state index >= 15 is 0 Å². The highest BCUT2D eigenvalue weighted by Crippen LogP contribution is 2.11. The number of rotatable bonds is 9. The second-order valence-corrected chi connectivity index (χ2v) is 5.12. The number of hydrogen-bond donors (Lipinski definition) is 1. The predicted molar refractivity (Wildman–Crippen MR) is 86.7 cm³/mol. The number of benzene rings is 1.